The number of hydrogen-bond acceptors (Lipinski definition) is 0. The van der Waals surface area contributed by atoms with Gasteiger partial charge in [-0.05, 0) is 121 Å². The lowest BCUT2D eigenvalue weighted by Gasteiger charge is -2.25. The molecule has 0 unspecified atom stereocenters. The molecule has 47 heavy (non-hydrogen) atoms. The van der Waals surface area contributed by atoms with Crippen LogP contribution in [0.5, 0.6) is 0 Å². The monoisotopic (exact) mass is 606 g/mol. The van der Waals surface area contributed by atoms with Crippen molar-refractivity contribution < 1.29 is 0 Å². The van der Waals surface area contributed by atoms with Gasteiger partial charge in [0, 0.05) is 5.41 Å². The molecule has 0 aliphatic heterocycles. The molecular formula is C47H42. The zero-order valence-electron chi connectivity index (χ0n) is 28.1. The van der Waals surface area contributed by atoms with E-state index in [1.54, 1.807) is 0 Å². The van der Waals surface area contributed by atoms with Crippen molar-refractivity contribution in [3.8, 4) is 33.4 Å². The highest BCUT2D eigenvalue weighted by atomic mass is 14.4. The molecule has 0 saturated heterocycles. The molecule has 7 aromatic rings. The van der Waals surface area contributed by atoms with E-state index in [-0.39, 0.29) is 5.41 Å². The van der Waals surface area contributed by atoms with Crippen molar-refractivity contribution in [1.82, 2.24) is 0 Å². The summed E-state index contributed by atoms with van der Waals surface area (Å²) in [5, 5.41) is 8.07. The SMILES string of the molecule is Cc1ccc2c(-c3cc4c(c5ccccc35)C(C)(C)c3ccccc3-4)c3cc(C)ccc3c(-c3cccc(C4CCCCC4)c3)c2c1. The normalized spacial score (nSPS) is 15.7. The van der Waals surface area contributed by atoms with Gasteiger partial charge in [0.15, 0.2) is 0 Å². The van der Waals surface area contributed by atoms with Gasteiger partial charge >= 0.3 is 0 Å². The maximum absolute atomic E-state index is 2.53. The van der Waals surface area contributed by atoms with E-state index in [1.165, 1.54) is 126 Å². The smallest absolute Gasteiger partial charge is 0.0165 e. The molecule has 0 heteroatoms. The Labute approximate surface area is 279 Å². The summed E-state index contributed by atoms with van der Waals surface area (Å²) in [5.74, 6) is 0.675. The van der Waals surface area contributed by atoms with E-state index in [1.807, 2.05) is 0 Å². The molecule has 0 heterocycles. The third kappa shape index (κ3) is 4.34. The van der Waals surface area contributed by atoms with Gasteiger partial charge in [-0.15, -0.1) is 0 Å². The van der Waals surface area contributed by atoms with Gasteiger partial charge in [0.2, 0.25) is 0 Å². The van der Waals surface area contributed by atoms with Crippen molar-refractivity contribution in [3.63, 3.8) is 0 Å². The highest BCUT2D eigenvalue weighted by molar-refractivity contribution is 6.24. The first-order valence-electron chi connectivity index (χ1n) is 17.6. The van der Waals surface area contributed by atoms with Crippen molar-refractivity contribution in [2.75, 3.05) is 0 Å². The Morgan fingerprint density at radius 3 is 1.91 bits per heavy atom. The van der Waals surface area contributed by atoms with Crippen LogP contribution in [-0.4, -0.2) is 0 Å². The Balaban J connectivity index is 1.40. The van der Waals surface area contributed by atoms with E-state index in [2.05, 4.69) is 143 Å². The van der Waals surface area contributed by atoms with E-state index >= 15 is 0 Å². The minimum atomic E-state index is -0.0604. The van der Waals surface area contributed by atoms with E-state index < -0.39 is 0 Å². The van der Waals surface area contributed by atoms with Crippen LogP contribution in [-0.2, 0) is 5.41 Å². The molecule has 0 atom stereocenters. The highest BCUT2D eigenvalue weighted by Gasteiger charge is 2.37. The fourth-order valence-electron chi connectivity index (χ4n) is 9.31. The van der Waals surface area contributed by atoms with Crippen LogP contribution in [0.3, 0.4) is 0 Å². The predicted molar refractivity (Wildman–Crippen MR) is 203 cm³/mol. The van der Waals surface area contributed by atoms with Gasteiger partial charge in [0.05, 0.1) is 0 Å². The van der Waals surface area contributed by atoms with E-state index in [9.17, 15) is 0 Å². The second kappa shape index (κ2) is 10.7. The van der Waals surface area contributed by atoms with Crippen LogP contribution in [0.1, 0.15) is 79.7 Å². The average Bonchev–Trinajstić information content (AvgIpc) is 3.33. The minimum absolute atomic E-state index is 0.0604. The third-order valence-electron chi connectivity index (χ3n) is 11.5. The minimum Gasteiger partial charge on any atom is -0.0619 e. The summed E-state index contributed by atoms with van der Waals surface area (Å²) in [6.07, 6.45) is 6.71. The predicted octanol–water partition coefficient (Wildman–Crippen LogP) is 13.5. The van der Waals surface area contributed by atoms with Crippen LogP contribution in [0.4, 0.5) is 0 Å². The van der Waals surface area contributed by atoms with Crippen molar-refractivity contribution in [2.45, 2.75) is 71.1 Å². The van der Waals surface area contributed by atoms with E-state index in [0.717, 1.165) is 0 Å². The lowest BCUT2D eigenvalue weighted by Crippen LogP contribution is -2.15. The molecule has 0 bridgehead atoms. The van der Waals surface area contributed by atoms with Crippen LogP contribution in [0.15, 0.2) is 115 Å². The second-order valence-corrected chi connectivity index (χ2v) is 14.9. The van der Waals surface area contributed by atoms with Gasteiger partial charge in [-0.25, -0.2) is 0 Å². The number of aryl methyl sites for hydroxylation is 2. The molecule has 1 saturated carbocycles. The Morgan fingerprint density at radius 2 is 1.15 bits per heavy atom. The van der Waals surface area contributed by atoms with Crippen LogP contribution < -0.4 is 0 Å². The van der Waals surface area contributed by atoms with Crippen LogP contribution in [0, 0.1) is 13.8 Å². The fraction of sp³-hybridized carbons (Fsp3) is 0.234. The molecule has 1 fully saturated rings. The summed E-state index contributed by atoms with van der Waals surface area (Å²) in [6.45, 7) is 9.28. The van der Waals surface area contributed by atoms with E-state index in [4.69, 9.17) is 0 Å². The topological polar surface area (TPSA) is 0 Å². The van der Waals surface area contributed by atoms with Gasteiger partial charge in [-0.2, -0.15) is 0 Å². The van der Waals surface area contributed by atoms with Crippen molar-refractivity contribution in [1.29, 1.82) is 0 Å². The van der Waals surface area contributed by atoms with Crippen LogP contribution in [0.25, 0.3) is 65.7 Å². The summed E-state index contributed by atoms with van der Waals surface area (Å²) in [5.41, 5.74) is 15.1. The first-order valence-corrected chi connectivity index (χ1v) is 17.6. The summed E-state index contributed by atoms with van der Waals surface area (Å²) in [7, 11) is 0. The molecule has 0 nitrogen and oxygen atoms in total. The highest BCUT2D eigenvalue weighted by Crippen LogP contribution is 2.55. The summed E-state index contributed by atoms with van der Waals surface area (Å²) in [4.78, 5) is 0. The maximum Gasteiger partial charge on any atom is 0.0165 e. The molecule has 0 radical (unpaired) electrons. The summed E-state index contributed by atoms with van der Waals surface area (Å²) < 4.78 is 0. The number of benzene rings is 7. The number of hydrogen-bond donors (Lipinski definition) is 0. The summed E-state index contributed by atoms with van der Waals surface area (Å²) in [6, 6.07) is 44.6. The molecule has 0 N–H and O–H groups in total. The van der Waals surface area contributed by atoms with Crippen molar-refractivity contribution in [2.24, 2.45) is 0 Å². The maximum atomic E-state index is 2.53. The first kappa shape index (κ1) is 28.5. The molecule has 0 amide bonds. The van der Waals surface area contributed by atoms with Crippen LogP contribution in [0.2, 0.25) is 0 Å². The number of fused-ring (bicyclic) bond motifs is 7. The first-order chi connectivity index (χ1) is 22.9. The van der Waals surface area contributed by atoms with Gasteiger partial charge in [0.25, 0.3) is 0 Å². The molecule has 2 aliphatic carbocycles. The van der Waals surface area contributed by atoms with E-state index in [0.29, 0.717) is 5.92 Å². The lowest BCUT2D eigenvalue weighted by atomic mass is 9.78. The Bertz CT molecular complexity index is 2380. The Morgan fingerprint density at radius 1 is 0.489 bits per heavy atom. The van der Waals surface area contributed by atoms with Crippen molar-refractivity contribution in [3.05, 3.63) is 143 Å². The molecular weight excluding hydrogens is 565 g/mol. The molecule has 0 aromatic heterocycles. The zero-order valence-corrected chi connectivity index (χ0v) is 28.1. The molecule has 0 spiro atoms. The second-order valence-electron chi connectivity index (χ2n) is 14.9. The molecule has 7 aromatic carbocycles. The largest absolute Gasteiger partial charge is 0.0619 e. The molecule has 9 rings (SSSR count). The Hall–Kier alpha value is -4.68. The van der Waals surface area contributed by atoms with Crippen molar-refractivity contribution >= 4 is 32.3 Å². The third-order valence-corrected chi connectivity index (χ3v) is 11.5. The number of rotatable bonds is 3. The van der Waals surface area contributed by atoms with Crippen LogP contribution >= 0.6 is 0 Å². The zero-order chi connectivity index (χ0) is 31.9. The standard InChI is InChI=1S/C47H42/c1-29-22-24-37-39(25-29)44(33-16-12-15-32(27-33)31-13-6-5-7-14-31)36-23-21-30(2)26-40(36)45(37)41-28-42-35-18-10-11-20-43(35)47(3,4)46(42)38-19-9-8-17-34(38)41/h8-12,15-28,31H,5-7,13-14H2,1-4H3. The quantitative estimate of drug-likeness (QED) is 0.176. The summed E-state index contributed by atoms with van der Waals surface area (Å²) >= 11 is 0. The van der Waals surface area contributed by atoms with Gasteiger partial charge in [-0.3, -0.25) is 0 Å². The van der Waals surface area contributed by atoms with Gasteiger partial charge < -0.3 is 0 Å². The average molecular weight is 607 g/mol. The molecule has 230 valence electrons. The van der Waals surface area contributed by atoms with Gasteiger partial charge in [0.1, 0.15) is 0 Å². The fourth-order valence-corrected chi connectivity index (χ4v) is 9.31. The molecule has 2 aliphatic rings. The Kier molecular flexibility index (Phi) is 6.48. The lowest BCUT2D eigenvalue weighted by molar-refractivity contribution is 0.444. The van der Waals surface area contributed by atoms with Gasteiger partial charge in [-0.1, -0.05) is 153 Å².